The molecule has 2 aromatic rings. The van der Waals surface area contributed by atoms with Gasteiger partial charge < -0.3 is 9.80 Å². The second-order valence-electron chi connectivity index (χ2n) is 6.44. The van der Waals surface area contributed by atoms with Gasteiger partial charge in [0.05, 0.1) is 10.7 Å². The van der Waals surface area contributed by atoms with Gasteiger partial charge in [0.2, 0.25) is 5.91 Å². The summed E-state index contributed by atoms with van der Waals surface area (Å²) in [5.41, 5.74) is 0.715. The smallest absolute Gasteiger partial charge is 0.292 e. The number of unbranched alkanes of at least 4 members (excludes halogenated alkanes) is 1. The van der Waals surface area contributed by atoms with E-state index in [-0.39, 0.29) is 16.5 Å². The Morgan fingerprint density at radius 1 is 1.17 bits per heavy atom. The summed E-state index contributed by atoms with van der Waals surface area (Å²) < 4.78 is 1.77. The van der Waals surface area contributed by atoms with Crippen LogP contribution in [0.2, 0.25) is 0 Å². The third-order valence-corrected chi connectivity index (χ3v) is 7.74. The number of carbonyl (C=O) groups is 1. The Balaban J connectivity index is 1.46. The molecule has 1 amide bonds. The first-order valence-corrected chi connectivity index (χ1v) is 12.2. The molecule has 8 nitrogen and oxygen atoms in total. The zero-order valence-electron chi connectivity index (χ0n) is 16.2. The van der Waals surface area contributed by atoms with Crippen molar-refractivity contribution in [2.75, 3.05) is 42.6 Å². The van der Waals surface area contributed by atoms with Crippen LogP contribution >= 0.6 is 34.9 Å². The van der Waals surface area contributed by atoms with Crippen molar-refractivity contribution < 1.29 is 9.72 Å². The van der Waals surface area contributed by atoms with E-state index < -0.39 is 0 Å². The van der Waals surface area contributed by atoms with Crippen LogP contribution in [0.4, 0.5) is 11.4 Å². The van der Waals surface area contributed by atoms with Gasteiger partial charge in [-0.05, 0) is 12.5 Å². The van der Waals surface area contributed by atoms with Gasteiger partial charge in [-0.1, -0.05) is 60.3 Å². The van der Waals surface area contributed by atoms with E-state index in [1.165, 1.54) is 29.2 Å². The van der Waals surface area contributed by atoms with Crippen LogP contribution in [0, 0.1) is 10.1 Å². The van der Waals surface area contributed by atoms with E-state index in [4.69, 9.17) is 0 Å². The molecule has 0 bridgehead atoms. The number of thioether (sulfide) groups is 2. The third kappa shape index (κ3) is 6.06. The number of aromatic nitrogens is 2. The zero-order valence-corrected chi connectivity index (χ0v) is 18.6. The van der Waals surface area contributed by atoms with Crippen molar-refractivity contribution in [3.8, 4) is 0 Å². The molecule has 0 spiro atoms. The summed E-state index contributed by atoms with van der Waals surface area (Å²) in [5.74, 6) is 1.44. The molecule has 156 valence electrons. The topological polar surface area (TPSA) is 92.5 Å². The molecule has 0 radical (unpaired) electrons. The highest BCUT2D eigenvalue weighted by Gasteiger charge is 2.25. The van der Waals surface area contributed by atoms with Gasteiger partial charge in [-0.3, -0.25) is 14.9 Å². The molecule has 0 unspecified atom stereocenters. The minimum Gasteiger partial charge on any atom is -0.362 e. The van der Waals surface area contributed by atoms with Crippen LogP contribution in [0.3, 0.4) is 0 Å². The number of carbonyl (C=O) groups excluding carboxylic acids is 1. The van der Waals surface area contributed by atoms with E-state index in [9.17, 15) is 14.9 Å². The molecule has 1 aliphatic rings. The van der Waals surface area contributed by atoms with Crippen molar-refractivity contribution in [2.24, 2.45) is 0 Å². The van der Waals surface area contributed by atoms with Crippen LogP contribution in [-0.4, -0.2) is 63.6 Å². The Morgan fingerprint density at radius 3 is 2.55 bits per heavy atom. The number of para-hydroxylation sites is 2. The quantitative estimate of drug-likeness (QED) is 0.245. The number of benzene rings is 1. The van der Waals surface area contributed by atoms with Gasteiger partial charge in [0.1, 0.15) is 5.69 Å². The molecule has 0 saturated carbocycles. The van der Waals surface area contributed by atoms with Crippen LogP contribution in [0.5, 0.6) is 0 Å². The Morgan fingerprint density at radius 2 is 1.86 bits per heavy atom. The van der Waals surface area contributed by atoms with E-state index in [0.717, 1.165) is 27.3 Å². The van der Waals surface area contributed by atoms with Crippen molar-refractivity contribution >= 4 is 52.1 Å². The number of nitro benzene ring substituents is 1. The SMILES string of the molecule is CCCCSc1nnc(SCC(=O)N2CCN(c3ccccc3[N+](=O)[O-])CC2)s1. The average molecular weight is 454 g/mol. The van der Waals surface area contributed by atoms with E-state index in [1.54, 1.807) is 30.0 Å². The molecule has 0 N–H and O–H groups in total. The second-order valence-corrected chi connectivity index (χ2v) is 9.98. The lowest BCUT2D eigenvalue weighted by Gasteiger charge is -2.35. The number of hydrogen-bond acceptors (Lipinski definition) is 9. The number of anilines is 1. The van der Waals surface area contributed by atoms with Crippen molar-refractivity contribution in [2.45, 2.75) is 28.4 Å². The van der Waals surface area contributed by atoms with Gasteiger partial charge >= 0.3 is 0 Å². The summed E-state index contributed by atoms with van der Waals surface area (Å²) in [5, 5.41) is 19.6. The lowest BCUT2D eigenvalue weighted by molar-refractivity contribution is -0.384. The maximum Gasteiger partial charge on any atom is 0.292 e. The third-order valence-electron chi connectivity index (χ3n) is 4.48. The summed E-state index contributed by atoms with van der Waals surface area (Å²) in [7, 11) is 0. The van der Waals surface area contributed by atoms with Crippen LogP contribution in [0.1, 0.15) is 19.8 Å². The maximum absolute atomic E-state index is 12.5. The Kier molecular flexibility index (Phi) is 8.13. The fraction of sp³-hybridized carbons (Fsp3) is 0.500. The van der Waals surface area contributed by atoms with Crippen LogP contribution in [-0.2, 0) is 4.79 Å². The number of amides is 1. The van der Waals surface area contributed by atoms with Crippen LogP contribution in [0.25, 0.3) is 0 Å². The normalized spacial score (nSPS) is 14.2. The van der Waals surface area contributed by atoms with Gasteiger partial charge in [-0.2, -0.15) is 0 Å². The fourth-order valence-electron chi connectivity index (χ4n) is 2.92. The van der Waals surface area contributed by atoms with Crippen molar-refractivity contribution in [1.29, 1.82) is 0 Å². The largest absolute Gasteiger partial charge is 0.362 e. The molecule has 11 heteroatoms. The molecule has 1 saturated heterocycles. The fourth-order valence-corrected chi connectivity index (χ4v) is 5.99. The molecule has 0 aliphatic carbocycles. The van der Waals surface area contributed by atoms with E-state index in [2.05, 4.69) is 17.1 Å². The highest BCUT2D eigenvalue weighted by Crippen LogP contribution is 2.30. The van der Waals surface area contributed by atoms with Crippen molar-refractivity contribution in [1.82, 2.24) is 15.1 Å². The summed E-state index contributed by atoms with van der Waals surface area (Å²) in [6, 6.07) is 6.74. The monoisotopic (exact) mass is 453 g/mol. The Labute approximate surface area is 182 Å². The molecule has 1 fully saturated rings. The molecule has 1 aromatic heterocycles. The van der Waals surface area contributed by atoms with Gasteiger partial charge in [0.15, 0.2) is 8.68 Å². The number of nitrogens with zero attached hydrogens (tertiary/aromatic N) is 5. The van der Waals surface area contributed by atoms with Gasteiger partial charge in [-0.15, -0.1) is 10.2 Å². The van der Waals surface area contributed by atoms with Gasteiger partial charge in [0.25, 0.3) is 5.69 Å². The zero-order chi connectivity index (χ0) is 20.6. The molecular weight excluding hydrogens is 430 g/mol. The first kappa shape index (κ1) is 21.8. The highest BCUT2D eigenvalue weighted by molar-refractivity contribution is 8.03. The molecular formula is C18H23N5O3S3. The molecule has 2 heterocycles. The average Bonchev–Trinajstić information content (AvgIpc) is 3.20. The van der Waals surface area contributed by atoms with Crippen LogP contribution in [0.15, 0.2) is 32.9 Å². The van der Waals surface area contributed by atoms with Crippen molar-refractivity contribution in [3.63, 3.8) is 0 Å². The molecule has 0 atom stereocenters. The second kappa shape index (κ2) is 10.8. The maximum atomic E-state index is 12.5. The first-order chi connectivity index (χ1) is 14.1. The van der Waals surface area contributed by atoms with Crippen LogP contribution < -0.4 is 4.90 Å². The lowest BCUT2D eigenvalue weighted by Crippen LogP contribution is -2.49. The van der Waals surface area contributed by atoms with Gasteiger partial charge in [0, 0.05) is 38.0 Å². The molecule has 1 aliphatic heterocycles. The molecule has 1 aromatic carbocycles. The number of piperazine rings is 1. The number of nitro groups is 1. The van der Waals surface area contributed by atoms with E-state index in [0.29, 0.717) is 37.6 Å². The number of hydrogen-bond donors (Lipinski definition) is 0. The predicted octanol–water partition coefficient (Wildman–Crippen LogP) is 3.78. The lowest BCUT2D eigenvalue weighted by atomic mass is 10.2. The van der Waals surface area contributed by atoms with Crippen molar-refractivity contribution in [3.05, 3.63) is 34.4 Å². The Hall–Kier alpha value is -1.85. The van der Waals surface area contributed by atoms with E-state index >= 15 is 0 Å². The summed E-state index contributed by atoms with van der Waals surface area (Å²) in [6.07, 6.45) is 2.32. The minimum absolute atomic E-state index is 0.0626. The summed E-state index contributed by atoms with van der Waals surface area (Å²) in [4.78, 5) is 27.2. The highest BCUT2D eigenvalue weighted by atomic mass is 32.2. The van der Waals surface area contributed by atoms with Gasteiger partial charge in [-0.25, -0.2) is 0 Å². The number of rotatable bonds is 9. The molecule has 3 rings (SSSR count). The van der Waals surface area contributed by atoms with E-state index in [1.807, 2.05) is 9.80 Å². The predicted molar refractivity (Wildman–Crippen MR) is 118 cm³/mol. The summed E-state index contributed by atoms with van der Waals surface area (Å²) >= 11 is 4.67. The Bertz CT molecular complexity index is 840. The standard InChI is InChI=1S/C18H23N5O3S3/c1-2-3-12-27-17-19-20-18(29-17)28-13-16(24)22-10-8-21(9-11-22)14-6-4-5-7-15(14)23(25)26/h4-7H,2-3,8-13H2,1H3. The first-order valence-electron chi connectivity index (χ1n) is 9.43. The molecule has 29 heavy (non-hydrogen) atoms. The summed E-state index contributed by atoms with van der Waals surface area (Å²) in [6.45, 7) is 4.43. The minimum atomic E-state index is -0.361.